The van der Waals surface area contributed by atoms with E-state index < -0.39 is 23.4 Å². The van der Waals surface area contributed by atoms with Crippen LogP contribution in [-0.4, -0.2) is 49.2 Å². The Kier molecular flexibility index (Phi) is 7.71. The number of aromatic nitrogens is 1. The lowest BCUT2D eigenvalue weighted by Gasteiger charge is -2.30. The number of amides is 2. The first-order chi connectivity index (χ1) is 16.3. The number of pyridine rings is 1. The van der Waals surface area contributed by atoms with Crippen LogP contribution in [0.4, 0.5) is 26.8 Å². The number of hydrogen-bond donors (Lipinski definition) is 0. The highest BCUT2D eigenvalue weighted by atomic mass is 16.6. The van der Waals surface area contributed by atoms with Crippen molar-refractivity contribution in [3.8, 4) is 0 Å². The molecule has 1 unspecified atom stereocenters. The number of methoxy groups -OCH3 is 2. The van der Waals surface area contributed by atoms with Gasteiger partial charge in [0.1, 0.15) is 23.1 Å². The molecular formula is C26H35N3O6. The second kappa shape index (κ2) is 10.2. The summed E-state index contributed by atoms with van der Waals surface area (Å²) >= 11 is 0. The largest absolute Gasteiger partial charge is 0.443 e. The third-order valence-electron chi connectivity index (χ3n) is 5.10. The molecular weight excluding hydrogens is 450 g/mol. The molecule has 0 saturated heterocycles. The van der Waals surface area contributed by atoms with Gasteiger partial charge in [-0.2, -0.15) is 0 Å². The summed E-state index contributed by atoms with van der Waals surface area (Å²) < 4.78 is 22.4. The van der Waals surface area contributed by atoms with Gasteiger partial charge in [-0.05, 0) is 65.3 Å². The summed E-state index contributed by atoms with van der Waals surface area (Å²) in [5.74, 6) is 0.391. The van der Waals surface area contributed by atoms with Crippen LogP contribution in [-0.2, 0) is 25.5 Å². The van der Waals surface area contributed by atoms with E-state index in [2.05, 4.69) is 4.98 Å². The number of benzene rings is 1. The highest BCUT2D eigenvalue weighted by Gasteiger charge is 2.36. The van der Waals surface area contributed by atoms with Crippen molar-refractivity contribution in [3.63, 3.8) is 0 Å². The number of nitrogens with zero attached hydrogens (tertiary/aromatic N) is 3. The van der Waals surface area contributed by atoms with E-state index in [9.17, 15) is 9.59 Å². The Bertz CT molecular complexity index is 1070. The first kappa shape index (κ1) is 26.4. The molecule has 2 heterocycles. The lowest BCUT2D eigenvalue weighted by atomic mass is 10.1. The fourth-order valence-corrected chi connectivity index (χ4v) is 3.69. The van der Waals surface area contributed by atoms with Crippen molar-refractivity contribution in [1.29, 1.82) is 0 Å². The molecule has 3 rings (SSSR count). The van der Waals surface area contributed by atoms with Crippen molar-refractivity contribution < 1.29 is 28.5 Å². The minimum absolute atomic E-state index is 0.149. The van der Waals surface area contributed by atoms with Crippen molar-refractivity contribution in [1.82, 2.24) is 4.98 Å². The van der Waals surface area contributed by atoms with Crippen LogP contribution >= 0.6 is 0 Å². The molecule has 0 N–H and O–H groups in total. The number of carbonyl (C=O) groups excluding carboxylic acids is 2. The normalized spacial score (nSPS) is 14.5. The van der Waals surface area contributed by atoms with Crippen molar-refractivity contribution >= 4 is 29.4 Å². The van der Waals surface area contributed by atoms with Gasteiger partial charge in [0.05, 0.1) is 24.5 Å². The van der Waals surface area contributed by atoms with Crippen LogP contribution in [0.3, 0.4) is 0 Å². The zero-order chi connectivity index (χ0) is 26.0. The summed E-state index contributed by atoms with van der Waals surface area (Å²) in [7, 11) is 3.18. The predicted octanol–water partition coefficient (Wildman–Crippen LogP) is 5.74. The Balaban J connectivity index is 2.24. The molecule has 1 aliphatic heterocycles. The van der Waals surface area contributed by atoms with Crippen molar-refractivity contribution in [2.75, 3.05) is 30.6 Å². The summed E-state index contributed by atoms with van der Waals surface area (Å²) in [5, 5.41) is 0. The number of hydrogen-bond acceptors (Lipinski definition) is 7. The standard InChI is InChI=1S/C26H35N3O6/c1-25(2,3)34-23(30)28-15-18-10-9-13-27-22(18)29(24(31)35-26(4,5)6)19-12-11-17(14-20(19)28)21(33-8)16-32-7/h9-14,21H,15-16H2,1-8H3. The predicted molar refractivity (Wildman–Crippen MR) is 133 cm³/mol. The minimum atomic E-state index is -0.733. The summed E-state index contributed by atoms with van der Waals surface area (Å²) in [6.45, 7) is 11.3. The van der Waals surface area contributed by atoms with E-state index in [0.29, 0.717) is 29.4 Å². The monoisotopic (exact) mass is 485 g/mol. The Hall–Kier alpha value is -3.17. The Morgan fingerprint density at radius 1 is 0.971 bits per heavy atom. The Labute approximate surface area is 206 Å². The smallest absolute Gasteiger partial charge is 0.420 e. The molecule has 1 aromatic heterocycles. The maximum absolute atomic E-state index is 13.5. The average molecular weight is 486 g/mol. The molecule has 1 aliphatic rings. The van der Waals surface area contributed by atoms with Gasteiger partial charge in [0.2, 0.25) is 0 Å². The van der Waals surface area contributed by atoms with Crippen molar-refractivity contribution in [2.45, 2.75) is 65.4 Å². The number of anilines is 3. The van der Waals surface area contributed by atoms with Crippen LogP contribution in [0.5, 0.6) is 0 Å². The molecule has 190 valence electrons. The van der Waals surface area contributed by atoms with Gasteiger partial charge >= 0.3 is 12.2 Å². The zero-order valence-electron chi connectivity index (χ0n) is 21.7. The summed E-state index contributed by atoms with van der Waals surface area (Å²) in [5.41, 5.74) is 0.918. The quantitative estimate of drug-likeness (QED) is 0.545. The number of carbonyl (C=O) groups is 2. The van der Waals surface area contributed by atoms with E-state index in [0.717, 1.165) is 5.56 Å². The lowest BCUT2D eigenvalue weighted by Crippen LogP contribution is -2.37. The van der Waals surface area contributed by atoms with Gasteiger partial charge in [-0.15, -0.1) is 0 Å². The maximum atomic E-state index is 13.5. The van der Waals surface area contributed by atoms with Gasteiger partial charge in [-0.1, -0.05) is 12.1 Å². The first-order valence-electron chi connectivity index (χ1n) is 11.5. The van der Waals surface area contributed by atoms with Crippen molar-refractivity contribution in [3.05, 3.63) is 47.7 Å². The summed E-state index contributed by atoms with van der Waals surface area (Å²) in [6.07, 6.45) is 0.0899. The molecule has 9 nitrogen and oxygen atoms in total. The molecule has 1 aromatic carbocycles. The molecule has 0 fully saturated rings. The van der Waals surface area contributed by atoms with E-state index in [1.165, 1.54) is 9.80 Å². The molecule has 0 spiro atoms. The average Bonchev–Trinajstić information content (AvgIpc) is 2.89. The molecule has 0 bridgehead atoms. The molecule has 0 saturated carbocycles. The van der Waals surface area contributed by atoms with Crippen molar-refractivity contribution in [2.24, 2.45) is 0 Å². The molecule has 1 atom stereocenters. The van der Waals surface area contributed by atoms with Gasteiger partial charge in [-0.25, -0.2) is 19.5 Å². The van der Waals surface area contributed by atoms with Crippen LogP contribution in [0.1, 0.15) is 58.8 Å². The summed E-state index contributed by atoms with van der Waals surface area (Å²) in [4.78, 5) is 34.3. The van der Waals surface area contributed by atoms with E-state index >= 15 is 0 Å². The van der Waals surface area contributed by atoms with Gasteiger partial charge in [-0.3, -0.25) is 4.90 Å². The fraction of sp³-hybridized carbons (Fsp3) is 0.500. The topological polar surface area (TPSA) is 90.4 Å². The second-order valence-electron chi connectivity index (χ2n) is 10.3. The third kappa shape index (κ3) is 6.29. The molecule has 35 heavy (non-hydrogen) atoms. The zero-order valence-corrected chi connectivity index (χ0v) is 21.7. The molecule has 2 aromatic rings. The van der Waals surface area contributed by atoms with E-state index in [4.69, 9.17) is 18.9 Å². The lowest BCUT2D eigenvalue weighted by molar-refractivity contribution is 0.0275. The van der Waals surface area contributed by atoms with Gasteiger partial charge in [0.25, 0.3) is 0 Å². The highest BCUT2D eigenvalue weighted by Crippen LogP contribution is 2.42. The van der Waals surface area contributed by atoms with Crippen LogP contribution in [0.25, 0.3) is 0 Å². The Morgan fingerprint density at radius 3 is 2.23 bits per heavy atom. The van der Waals surface area contributed by atoms with Crippen LogP contribution in [0.2, 0.25) is 0 Å². The Morgan fingerprint density at radius 2 is 1.63 bits per heavy atom. The number of fused-ring (bicyclic) bond motifs is 2. The third-order valence-corrected chi connectivity index (χ3v) is 5.10. The second-order valence-corrected chi connectivity index (χ2v) is 10.3. The van der Waals surface area contributed by atoms with Crippen LogP contribution in [0, 0.1) is 0 Å². The number of rotatable bonds is 4. The SMILES string of the molecule is COCC(OC)c1ccc2c(c1)N(C(=O)OC(C)(C)C)Cc1cccnc1N2C(=O)OC(C)(C)C. The first-order valence-corrected chi connectivity index (χ1v) is 11.5. The molecule has 9 heteroatoms. The summed E-state index contributed by atoms with van der Waals surface area (Å²) in [6, 6.07) is 9.00. The van der Waals surface area contributed by atoms with Crippen LogP contribution in [0.15, 0.2) is 36.5 Å². The van der Waals surface area contributed by atoms with Gasteiger partial charge < -0.3 is 18.9 Å². The molecule has 0 aliphatic carbocycles. The van der Waals surface area contributed by atoms with E-state index in [-0.39, 0.29) is 12.6 Å². The van der Waals surface area contributed by atoms with E-state index in [1.807, 2.05) is 39.0 Å². The van der Waals surface area contributed by atoms with E-state index in [1.54, 1.807) is 53.3 Å². The van der Waals surface area contributed by atoms with Gasteiger partial charge in [0.15, 0.2) is 0 Å². The fourth-order valence-electron chi connectivity index (χ4n) is 3.69. The maximum Gasteiger partial charge on any atom is 0.420 e. The highest BCUT2D eigenvalue weighted by molar-refractivity contribution is 6.04. The van der Waals surface area contributed by atoms with Gasteiger partial charge in [0, 0.05) is 26.0 Å². The molecule has 0 radical (unpaired) electrons. The minimum Gasteiger partial charge on any atom is -0.443 e. The van der Waals surface area contributed by atoms with Crippen LogP contribution < -0.4 is 9.80 Å². The molecule has 2 amide bonds. The number of ether oxygens (including phenoxy) is 4.